The number of unbranched alkanes of at least 4 members (excludes halogenated alkanes) is 1. The standard InChI is InChI=1S/C31H41N5O5S/c1-19(2)18-22(26(37)35-25(31(3,4)5)28(39)34-24-15-8-10-16-32-24)33-27(38)23(42)14-9-11-17-36-29(40)20-12-6-7-13-21(20)30(36)41/h6-8,10,12-13,15-16,19,22-23,25,42H,9,11,14,17-18H2,1-5H3,(H,33,38)(H,35,37)(H,32,34,39)/t22-,23-,25+/m0/s1. The summed E-state index contributed by atoms with van der Waals surface area (Å²) in [5, 5.41) is 7.70. The highest BCUT2D eigenvalue weighted by molar-refractivity contribution is 7.81. The molecule has 5 amide bonds. The van der Waals surface area contributed by atoms with Gasteiger partial charge in [-0.2, -0.15) is 12.6 Å². The van der Waals surface area contributed by atoms with E-state index in [1.807, 2.05) is 34.6 Å². The Morgan fingerprint density at radius 2 is 1.50 bits per heavy atom. The van der Waals surface area contributed by atoms with Crippen molar-refractivity contribution >= 4 is 48.0 Å². The number of nitrogens with one attached hydrogen (secondary N) is 3. The van der Waals surface area contributed by atoms with Crippen LogP contribution < -0.4 is 16.0 Å². The molecule has 0 aliphatic carbocycles. The Balaban J connectivity index is 1.55. The quantitative estimate of drug-likeness (QED) is 0.158. The van der Waals surface area contributed by atoms with Gasteiger partial charge in [0, 0.05) is 12.7 Å². The van der Waals surface area contributed by atoms with Crippen molar-refractivity contribution in [2.75, 3.05) is 11.9 Å². The lowest BCUT2D eigenvalue weighted by molar-refractivity contribution is -0.132. The van der Waals surface area contributed by atoms with E-state index in [0.717, 1.165) is 0 Å². The molecule has 0 unspecified atom stereocenters. The minimum atomic E-state index is -0.882. The van der Waals surface area contributed by atoms with Gasteiger partial charge in [0.15, 0.2) is 0 Å². The molecule has 1 aromatic carbocycles. The third-order valence-electron chi connectivity index (χ3n) is 6.96. The number of benzene rings is 1. The molecule has 2 heterocycles. The minimum Gasteiger partial charge on any atom is -0.343 e. The van der Waals surface area contributed by atoms with E-state index in [9.17, 15) is 24.0 Å². The van der Waals surface area contributed by atoms with Crippen LogP contribution in [-0.2, 0) is 14.4 Å². The van der Waals surface area contributed by atoms with Gasteiger partial charge >= 0.3 is 0 Å². The van der Waals surface area contributed by atoms with Crippen LogP contribution in [0, 0.1) is 11.3 Å². The van der Waals surface area contributed by atoms with Crippen LogP contribution in [0.4, 0.5) is 5.82 Å². The van der Waals surface area contributed by atoms with Gasteiger partial charge < -0.3 is 16.0 Å². The average molecular weight is 596 g/mol. The Morgan fingerprint density at radius 3 is 2.05 bits per heavy atom. The molecule has 0 saturated heterocycles. The molecule has 10 nitrogen and oxygen atoms in total. The van der Waals surface area contributed by atoms with Gasteiger partial charge in [0.05, 0.1) is 16.4 Å². The number of aromatic nitrogens is 1. The number of carbonyl (C=O) groups is 5. The smallest absolute Gasteiger partial charge is 0.261 e. The maximum absolute atomic E-state index is 13.4. The van der Waals surface area contributed by atoms with Crippen molar-refractivity contribution in [2.45, 2.75) is 77.6 Å². The summed E-state index contributed by atoms with van der Waals surface area (Å²) < 4.78 is 0. The first-order valence-corrected chi connectivity index (χ1v) is 14.8. The zero-order valence-corrected chi connectivity index (χ0v) is 25.7. The third-order valence-corrected chi connectivity index (χ3v) is 7.45. The van der Waals surface area contributed by atoms with E-state index in [1.165, 1.54) is 4.90 Å². The zero-order chi connectivity index (χ0) is 31.0. The lowest BCUT2D eigenvalue weighted by atomic mass is 9.85. The van der Waals surface area contributed by atoms with Crippen molar-refractivity contribution in [2.24, 2.45) is 11.3 Å². The lowest BCUT2D eigenvalue weighted by Crippen LogP contribution is -2.57. The first-order chi connectivity index (χ1) is 19.8. The maximum atomic E-state index is 13.4. The van der Waals surface area contributed by atoms with E-state index in [0.29, 0.717) is 42.6 Å². The van der Waals surface area contributed by atoms with Crippen molar-refractivity contribution in [3.63, 3.8) is 0 Å². The van der Waals surface area contributed by atoms with Gasteiger partial charge in [-0.05, 0) is 54.9 Å². The average Bonchev–Trinajstić information content (AvgIpc) is 3.17. The molecule has 2 aromatic rings. The lowest BCUT2D eigenvalue weighted by Gasteiger charge is -2.32. The van der Waals surface area contributed by atoms with Gasteiger partial charge in [-0.25, -0.2) is 4.98 Å². The van der Waals surface area contributed by atoms with Crippen molar-refractivity contribution in [3.8, 4) is 0 Å². The maximum Gasteiger partial charge on any atom is 0.261 e. The molecule has 1 aromatic heterocycles. The number of rotatable bonds is 13. The fraction of sp³-hybridized carbons (Fsp3) is 0.484. The summed E-state index contributed by atoms with van der Waals surface area (Å²) in [6, 6.07) is 10.1. The Kier molecular flexibility index (Phi) is 11.3. The third kappa shape index (κ3) is 8.64. The Hall–Kier alpha value is -3.73. The van der Waals surface area contributed by atoms with Gasteiger partial charge in [0.2, 0.25) is 17.7 Å². The van der Waals surface area contributed by atoms with Gasteiger partial charge in [-0.3, -0.25) is 28.9 Å². The van der Waals surface area contributed by atoms with E-state index in [1.54, 1.807) is 48.7 Å². The van der Waals surface area contributed by atoms with E-state index in [-0.39, 0.29) is 24.3 Å². The molecule has 0 spiro atoms. The van der Waals surface area contributed by atoms with Crippen molar-refractivity contribution in [3.05, 3.63) is 59.8 Å². The highest BCUT2D eigenvalue weighted by Crippen LogP contribution is 2.24. The topological polar surface area (TPSA) is 138 Å². The summed E-state index contributed by atoms with van der Waals surface area (Å²) in [7, 11) is 0. The molecule has 1 aliphatic heterocycles. The van der Waals surface area contributed by atoms with Crippen LogP contribution in [0.3, 0.4) is 0 Å². The fourth-order valence-corrected chi connectivity index (χ4v) is 4.96. The summed E-state index contributed by atoms with van der Waals surface area (Å²) in [6.07, 6.45) is 3.40. The summed E-state index contributed by atoms with van der Waals surface area (Å²) in [5.74, 6) is -1.41. The van der Waals surface area contributed by atoms with Gasteiger partial charge in [-0.1, -0.05) is 59.2 Å². The number of hydrogen-bond acceptors (Lipinski definition) is 7. The van der Waals surface area contributed by atoms with Crippen LogP contribution in [0.15, 0.2) is 48.7 Å². The molecule has 0 bridgehead atoms. The summed E-state index contributed by atoms with van der Waals surface area (Å²) in [4.78, 5) is 70.0. The van der Waals surface area contributed by atoms with Crippen LogP contribution in [0.5, 0.6) is 0 Å². The predicted molar refractivity (Wildman–Crippen MR) is 164 cm³/mol. The second-order valence-corrected chi connectivity index (χ2v) is 12.6. The molecule has 3 rings (SSSR count). The monoisotopic (exact) mass is 595 g/mol. The zero-order valence-electron chi connectivity index (χ0n) is 24.8. The molecule has 0 saturated carbocycles. The molecule has 1 aliphatic rings. The van der Waals surface area contributed by atoms with E-state index in [4.69, 9.17) is 0 Å². The molecule has 11 heteroatoms. The van der Waals surface area contributed by atoms with Crippen LogP contribution in [0.1, 0.15) is 81.0 Å². The van der Waals surface area contributed by atoms with E-state index < -0.39 is 40.5 Å². The Labute approximate surface area is 252 Å². The van der Waals surface area contributed by atoms with Gasteiger partial charge in [0.1, 0.15) is 17.9 Å². The van der Waals surface area contributed by atoms with Crippen molar-refractivity contribution in [1.82, 2.24) is 20.5 Å². The van der Waals surface area contributed by atoms with Crippen molar-refractivity contribution < 1.29 is 24.0 Å². The normalized spacial score (nSPS) is 15.2. The second-order valence-electron chi connectivity index (χ2n) is 12.0. The van der Waals surface area contributed by atoms with E-state index >= 15 is 0 Å². The van der Waals surface area contributed by atoms with Crippen LogP contribution in [0.2, 0.25) is 0 Å². The molecule has 42 heavy (non-hydrogen) atoms. The first kappa shape index (κ1) is 32.8. The minimum absolute atomic E-state index is 0.0921. The van der Waals surface area contributed by atoms with Gasteiger partial charge in [0.25, 0.3) is 11.8 Å². The molecular formula is C31H41N5O5S. The number of hydrogen-bond donors (Lipinski definition) is 4. The highest BCUT2D eigenvalue weighted by Gasteiger charge is 2.36. The second kappa shape index (κ2) is 14.4. The Morgan fingerprint density at radius 1 is 0.881 bits per heavy atom. The molecule has 3 N–H and O–H groups in total. The number of nitrogens with zero attached hydrogens (tertiary/aromatic N) is 2. The predicted octanol–water partition coefficient (Wildman–Crippen LogP) is 3.85. The van der Waals surface area contributed by atoms with Crippen LogP contribution >= 0.6 is 12.6 Å². The molecule has 0 fully saturated rings. The first-order valence-electron chi connectivity index (χ1n) is 14.3. The number of anilines is 1. The van der Waals surface area contributed by atoms with E-state index in [2.05, 4.69) is 33.6 Å². The summed E-state index contributed by atoms with van der Waals surface area (Å²) >= 11 is 4.46. The molecule has 0 radical (unpaired) electrons. The number of pyridine rings is 1. The SMILES string of the molecule is CC(C)C[C@H](NC(=O)[C@@H](S)CCCCN1C(=O)c2ccccc2C1=O)C(=O)N[C@H](C(=O)Nc1ccccn1)C(C)(C)C. The molecular weight excluding hydrogens is 554 g/mol. The summed E-state index contributed by atoms with van der Waals surface area (Å²) in [6.45, 7) is 9.67. The number of amides is 5. The van der Waals surface area contributed by atoms with Gasteiger partial charge in [-0.15, -0.1) is 0 Å². The van der Waals surface area contributed by atoms with Crippen molar-refractivity contribution in [1.29, 1.82) is 0 Å². The highest BCUT2D eigenvalue weighted by atomic mass is 32.1. The number of fused-ring (bicyclic) bond motifs is 1. The summed E-state index contributed by atoms with van der Waals surface area (Å²) in [5.41, 5.74) is 0.199. The molecule has 226 valence electrons. The fourth-order valence-electron chi connectivity index (χ4n) is 4.71. The number of carbonyl (C=O) groups excluding carboxylic acids is 5. The van der Waals surface area contributed by atoms with Crippen LogP contribution in [-0.4, -0.2) is 63.3 Å². The Bertz CT molecular complexity index is 1260. The largest absolute Gasteiger partial charge is 0.343 e. The van der Waals surface area contributed by atoms with Crippen LogP contribution in [0.25, 0.3) is 0 Å². The number of imide groups is 1. The molecule has 3 atom stereocenters. The number of thiol groups is 1.